The molecule has 1 heterocycles. The molecular formula is C34H48N2O5. The highest BCUT2D eigenvalue weighted by molar-refractivity contribution is 5.86. The summed E-state index contributed by atoms with van der Waals surface area (Å²) >= 11 is 0. The highest BCUT2D eigenvalue weighted by Crippen LogP contribution is 2.66. The first-order valence-corrected chi connectivity index (χ1v) is 16.1. The van der Waals surface area contributed by atoms with Crippen molar-refractivity contribution in [2.45, 2.75) is 116 Å². The first-order valence-electron chi connectivity index (χ1n) is 16.1. The summed E-state index contributed by atoms with van der Waals surface area (Å²) < 4.78 is 11.2. The van der Waals surface area contributed by atoms with Crippen molar-refractivity contribution in [3.63, 3.8) is 0 Å². The standard InChI is InChI=1S/C34H48N2O5/c1-22(37)41-25-15-17-33(2)24(20-25)11-12-26-27-13-14-30(34(27,3)18-16-28(26)33)35-31(38)29-10-7-19-36(29)32(39)40-21-23-8-5-4-6-9-23/h4-6,8-9,24-30H,7,10-21H2,1-3H3,(H,35,38)/t24-,25-,26-,27-,28-,29?,30-,33-,34-/m0/s1. The van der Waals surface area contributed by atoms with Crippen LogP contribution in [0, 0.1) is 34.5 Å². The van der Waals surface area contributed by atoms with Gasteiger partial charge >= 0.3 is 12.1 Å². The number of carbonyl (C=O) groups is 3. The van der Waals surface area contributed by atoms with Crippen molar-refractivity contribution in [2.24, 2.45) is 34.5 Å². The third kappa shape index (κ3) is 5.27. The van der Waals surface area contributed by atoms with Crippen LogP contribution in [0.15, 0.2) is 30.3 Å². The van der Waals surface area contributed by atoms with Crippen molar-refractivity contribution in [2.75, 3.05) is 6.54 Å². The molecule has 6 rings (SSSR count). The van der Waals surface area contributed by atoms with Gasteiger partial charge in [-0.3, -0.25) is 14.5 Å². The quantitative estimate of drug-likeness (QED) is 0.428. The molecule has 5 fully saturated rings. The number of ether oxygens (including phenoxy) is 2. The Hall–Kier alpha value is -2.57. The molecular weight excluding hydrogens is 516 g/mol. The van der Waals surface area contributed by atoms with E-state index >= 15 is 0 Å². The third-order valence-electron chi connectivity index (χ3n) is 12.3. The van der Waals surface area contributed by atoms with E-state index in [-0.39, 0.29) is 36.0 Å². The van der Waals surface area contributed by atoms with Gasteiger partial charge in [-0.05, 0) is 111 Å². The molecule has 1 aliphatic heterocycles. The van der Waals surface area contributed by atoms with Crippen LogP contribution in [-0.4, -0.2) is 47.6 Å². The van der Waals surface area contributed by atoms with E-state index in [1.807, 2.05) is 30.3 Å². The smallest absolute Gasteiger partial charge is 0.410 e. The third-order valence-corrected chi connectivity index (χ3v) is 12.3. The Labute approximate surface area is 245 Å². The normalized spacial score (nSPS) is 39.7. The van der Waals surface area contributed by atoms with Gasteiger partial charge in [-0.25, -0.2) is 4.79 Å². The van der Waals surface area contributed by atoms with Crippen molar-refractivity contribution in [3.8, 4) is 0 Å². The lowest BCUT2D eigenvalue weighted by Crippen LogP contribution is -2.57. The average molecular weight is 565 g/mol. The van der Waals surface area contributed by atoms with Gasteiger partial charge < -0.3 is 14.8 Å². The molecule has 1 aromatic carbocycles. The Morgan fingerprint density at radius 2 is 1.68 bits per heavy atom. The zero-order chi connectivity index (χ0) is 28.8. The summed E-state index contributed by atoms with van der Waals surface area (Å²) in [6.45, 7) is 7.28. The summed E-state index contributed by atoms with van der Waals surface area (Å²) in [4.78, 5) is 39.8. The molecule has 0 bridgehead atoms. The van der Waals surface area contributed by atoms with E-state index in [4.69, 9.17) is 9.47 Å². The number of hydrogen-bond acceptors (Lipinski definition) is 5. The number of nitrogens with one attached hydrogen (secondary N) is 1. The fourth-order valence-electron chi connectivity index (χ4n) is 10.1. The minimum Gasteiger partial charge on any atom is -0.463 e. The van der Waals surface area contributed by atoms with E-state index in [9.17, 15) is 14.4 Å². The van der Waals surface area contributed by atoms with E-state index < -0.39 is 12.1 Å². The molecule has 1 aromatic rings. The molecule has 7 nitrogen and oxygen atoms in total. The van der Waals surface area contributed by atoms with Crippen LogP contribution < -0.4 is 5.32 Å². The average Bonchev–Trinajstić information content (AvgIpc) is 3.57. The number of rotatable bonds is 5. The fraction of sp³-hybridized carbons (Fsp3) is 0.735. The number of esters is 1. The topological polar surface area (TPSA) is 84.9 Å². The SMILES string of the molecule is CC(=O)O[C@H]1CC[C@@]2(C)[C@@H](CC[C@@H]3[C@@H]2CC[C@]2(C)[C@@H](NC(=O)C4CCCN4C(=O)OCc4ccccc4)CC[C@@H]32)C1. The Morgan fingerprint density at radius 1 is 0.927 bits per heavy atom. The van der Waals surface area contributed by atoms with Gasteiger partial charge in [-0.15, -0.1) is 0 Å². The van der Waals surface area contributed by atoms with Crippen LogP contribution >= 0.6 is 0 Å². The molecule has 224 valence electrons. The van der Waals surface area contributed by atoms with E-state index in [0.717, 1.165) is 50.0 Å². The number of benzene rings is 1. The maximum Gasteiger partial charge on any atom is 0.410 e. The molecule has 41 heavy (non-hydrogen) atoms. The Bertz CT molecular complexity index is 1140. The van der Waals surface area contributed by atoms with Crippen LogP contribution in [0.3, 0.4) is 0 Å². The van der Waals surface area contributed by atoms with E-state index in [1.165, 1.54) is 32.6 Å². The second kappa shape index (κ2) is 11.3. The van der Waals surface area contributed by atoms with Crippen molar-refractivity contribution in [1.82, 2.24) is 10.2 Å². The van der Waals surface area contributed by atoms with Crippen LogP contribution in [0.2, 0.25) is 0 Å². The van der Waals surface area contributed by atoms with Gasteiger partial charge in [0.15, 0.2) is 0 Å². The fourth-order valence-corrected chi connectivity index (χ4v) is 10.1. The van der Waals surface area contributed by atoms with E-state index in [2.05, 4.69) is 19.2 Å². The molecule has 5 aliphatic rings. The van der Waals surface area contributed by atoms with Gasteiger partial charge in [0.2, 0.25) is 5.91 Å². The Morgan fingerprint density at radius 3 is 2.46 bits per heavy atom. The summed E-state index contributed by atoms with van der Waals surface area (Å²) in [5.74, 6) is 2.54. The van der Waals surface area contributed by atoms with Crippen molar-refractivity contribution in [3.05, 3.63) is 35.9 Å². The van der Waals surface area contributed by atoms with Crippen LogP contribution in [0.1, 0.15) is 97.0 Å². The zero-order valence-electron chi connectivity index (χ0n) is 25.1. The van der Waals surface area contributed by atoms with Crippen molar-refractivity contribution < 1.29 is 23.9 Å². The maximum atomic E-state index is 13.6. The lowest BCUT2D eigenvalue weighted by atomic mass is 9.45. The van der Waals surface area contributed by atoms with Crippen molar-refractivity contribution >= 4 is 18.0 Å². The molecule has 9 atom stereocenters. The molecule has 7 heteroatoms. The van der Waals surface area contributed by atoms with Gasteiger partial charge in [0.25, 0.3) is 0 Å². The molecule has 0 aromatic heterocycles. The molecule has 4 saturated carbocycles. The second-order valence-electron chi connectivity index (χ2n) is 14.2. The zero-order valence-corrected chi connectivity index (χ0v) is 25.1. The predicted octanol–water partition coefficient (Wildman–Crippen LogP) is 6.25. The lowest BCUT2D eigenvalue weighted by molar-refractivity contribution is -0.159. The largest absolute Gasteiger partial charge is 0.463 e. The number of hydrogen-bond donors (Lipinski definition) is 1. The summed E-state index contributed by atoms with van der Waals surface area (Å²) in [6.07, 6.45) is 11.4. The van der Waals surface area contributed by atoms with Crippen LogP contribution in [0.4, 0.5) is 4.79 Å². The molecule has 0 spiro atoms. The number of fused-ring (bicyclic) bond motifs is 5. The van der Waals surface area contributed by atoms with Crippen molar-refractivity contribution in [1.29, 1.82) is 0 Å². The number of nitrogens with zero attached hydrogens (tertiary/aromatic N) is 1. The summed E-state index contributed by atoms with van der Waals surface area (Å²) in [7, 11) is 0. The monoisotopic (exact) mass is 564 g/mol. The highest BCUT2D eigenvalue weighted by Gasteiger charge is 2.60. The van der Waals surface area contributed by atoms with Gasteiger partial charge in [-0.2, -0.15) is 0 Å². The van der Waals surface area contributed by atoms with Gasteiger partial charge in [0.05, 0.1) is 0 Å². The van der Waals surface area contributed by atoms with Crippen LogP contribution in [0.25, 0.3) is 0 Å². The summed E-state index contributed by atoms with van der Waals surface area (Å²) in [6, 6.07) is 9.40. The minimum atomic E-state index is -0.445. The molecule has 2 amide bonds. The van der Waals surface area contributed by atoms with Crippen LogP contribution in [-0.2, 0) is 25.7 Å². The molecule has 4 aliphatic carbocycles. The first kappa shape index (κ1) is 28.5. The molecule has 1 saturated heterocycles. The van der Waals surface area contributed by atoms with Crippen LogP contribution in [0.5, 0.6) is 0 Å². The van der Waals surface area contributed by atoms with E-state index in [1.54, 1.807) is 4.90 Å². The first-order chi connectivity index (χ1) is 19.7. The Kier molecular flexibility index (Phi) is 7.84. The minimum absolute atomic E-state index is 0.00683. The highest BCUT2D eigenvalue weighted by atomic mass is 16.6. The lowest BCUT2D eigenvalue weighted by Gasteiger charge is -2.61. The van der Waals surface area contributed by atoms with Gasteiger partial charge in [0.1, 0.15) is 18.8 Å². The molecule has 0 radical (unpaired) electrons. The van der Waals surface area contributed by atoms with Gasteiger partial charge in [-0.1, -0.05) is 44.2 Å². The van der Waals surface area contributed by atoms with Gasteiger partial charge in [0, 0.05) is 19.5 Å². The number of likely N-dealkylation sites (tertiary alicyclic amines) is 1. The van der Waals surface area contributed by atoms with E-state index in [0.29, 0.717) is 36.1 Å². The molecule has 1 N–H and O–H groups in total. The Balaban J connectivity index is 1.08. The number of amides is 2. The maximum absolute atomic E-state index is 13.6. The summed E-state index contributed by atoms with van der Waals surface area (Å²) in [5.41, 5.74) is 1.38. The summed E-state index contributed by atoms with van der Waals surface area (Å²) in [5, 5.41) is 3.47. The molecule has 1 unspecified atom stereocenters. The number of carbonyl (C=O) groups excluding carboxylic acids is 3. The second-order valence-corrected chi connectivity index (χ2v) is 14.2. The predicted molar refractivity (Wildman–Crippen MR) is 156 cm³/mol.